The SMILES string of the molecule is C#CCNC(=O)c1ccc(-c2ccnc(Nc3ccc(NCCO)cc3)n2)cc1. The monoisotopic (exact) mass is 387 g/mol. The maximum atomic E-state index is 11.9. The van der Waals surface area contributed by atoms with Crippen LogP contribution in [-0.2, 0) is 0 Å². The lowest BCUT2D eigenvalue weighted by Crippen LogP contribution is -2.23. The molecule has 1 amide bonds. The molecule has 0 aliphatic rings. The molecule has 29 heavy (non-hydrogen) atoms. The summed E-state index contributed by atoms with van der Waals surface area (Å²) in [4.78, 5) is 20.7. The fraction of sp³-hybridized carbons (Fsp3) is 0.136. The summed E-state index contributed by atoms with van der Waals surface area (Å²) in [6.07, 6.45) is 6.83. The van der Waals surface area contributed by atoms with Gasteiger partial charge in [-0.05, 0) is 42.5 Å². The highest BCUT2D eigenvalue weighted by Crippen LogP contribution is 2.21. The minimum atomic E-state index is -0.212. The Labute approximate surface area is 169 Å². The van der Waals surface area contributed by atoms with Gasteiger partial charge in [0, 0.05) is 35.2 Å². The molecule has 0 spiro atoms. The molecule has 0 saturated heterocycles. The molecule has 0 aliphatic heterocycles. The third-order valence-electron chi connectivity index (χ3n) is 4.03. The van der Waals surface area contributed by atoms with Crippen LogP contribution < -0.4 is 16.0 Å². The molecule has 0 saturated carbocycles. The van der Waals surface area contributed by atoms with Gasteiger partial charge in [-0.2, -0.15) is 0 Å². The zero-order valence-corrected chi connectivity index (χ0v) is 15.7. The highest BCUT2D eigenvalue weighted by molar-refractivity contribution is 5.94. The molecule has 4 N–H and O–H groups in total. The first-order valence-electron chi connectivity index (χ1n) is 9.06. The molecule has 146 valence electrons. The number of nitrogens with zero attached hydrogens (tertiary/aromatic N) is 2. The standard InChI is InChI=1S/C22H21N5O2/c1-2-12-24-21(29)17-5-3-16(4-6-17)20-11-13-25-22(27-20)26-19-9-7-18(8-10-19)23-14-15-28/h1,3-11,13,23,28H,12,14-15H2,(H,24,29)(H,25,26,27). The van der Waals surface area contributed by atoms with E-state index in [9.17, 15) is 4.79 Å². The third-order valence-corrected chi connectivity index (χ3v) is 4.03. The van der Waals surface area contributed by atoms with Gasteiger partial charge in [0.05, 0.1) is 18.8 Å². The molecule has 7 nitrogen and oxygen atoms in total. The zero-order valence-electron chi connectivity index (χ0n) is 15.7. The van der Waals surface area contributed by atoms with E-state index in [1.807, 2.05) is 36.4 Å². The van der Waals surface area contributed by atoms with Crippen LogP contribution in [-0.4, -0.2) is 40.7 Å². The second kappa shape index (κ2) is 9.88. The van der Waals surface area contributed by atoms with Crippen LogP contribution in [0.5, 0.6) is 0 Å². The van der Waals surface area contributed by atoms with Crippen LogP contribution in [0.15, 0.2) is 60.8 Å². The first kappa shape index (κ1) is 19.9. The number of aromatic nitrogens is 2. The topological polar surface area (TPSA) is 99.2 Å². The summed E-state index contributed by atoms with van der Waals surface area (Å²) in [6, 6.07) is 16.6. The second-order valence-electron chi connectivity index (χ2n) is 6.08. The zero-order chi connectivity index (χ0) is 20.5. The Bertz CT molecular complexity index is 995. The molecule has 7 heteroatoms. The van der Waals surface area contributed by atoms with Gasteiger partial charge in [-0.3, -0.25) is 4.79 Å². The fourth-order valence-electron chi connectivity index (χ4n) is 2.61. The minimum absolute atomic E-state index is 0.0805. The highest BCUT2D eigenvalue weighted by Gasteiger charge is 2.07. The summed E-state index contributed by atoms with van der Waals surface area (Å²) in [5, 5.41) is 17.7. The van der Waals surface area contributed by atoms with Crippen LogP contribution in [0.25, 0.3) is 11.3 Å². The third kappa shape index (κ3) is 5.54. The van der Waals surface area contributed by atoms with Crippen molar-refractivity contribution in [2.24, 2.45) is 0 Å². The molecule has 0 aliphatic carbocycles. The number of hydrogen-bond donors (Lipinski definition) is 4. The quantitative estimate of drug-likeness (QED) is 0.444. The molecule has 0 unspecified atom stereocenters. The Morgan fingerprint density at radius 1 is 1.03 bits per heavy atom. The fourth-order valence-corrected chi connectivity index (χ4v) is 2.61. The Morgan fingerprint density at radius 2 is 1.76 bits per heavy atom. The van der Waals surface area contributed by atoms with E-state index in [0.29, 0.717) is 18.1 Å². The number of aliphatic hydroxyl groups excluding tert-OH is 1. The van der Waals surface area contributed by atoms with Crippen molar-refractivity contribution in [1.29, 1.82) is 0 Å². The Balaban J connectivity index is 1.69. The number of carbonyl (C=O) groups excluding carboxylic acids is 1. The predicted molar refractivity (Wildman–Crippen MR) is 114 cm³/mol. The summed E-state index contributed by atoms with van der Waals surface area (Å²) in [5.41, 5.74) is 3.90. The summed E-state index contributed by atoms with van der Waals surface area (Å²) < 4.78 is 0. The predicted octanol–water partition coefficient (Wildman–Crippen LogP) is 2.65. The average Bonchev–Trinajstić information content (AvgIpc) is 2.77. The molecule has 2 aromatic carbocycles. The van der Waals surface area contributed by atoms with Gasteiger partial charge in [0.15, 0.2) is 0 Å². The molecule has 3 rings (SSSR count). The van der Waals surface area contributed by atoms with Gasteiger partial charge < -0.3 is 21.1 Å². The van der Waals surface area contributed by atoms with Gasteiger partial charge >= 0.3 is 0 Å². The number of aliphatic hydroxyl groups is 1. The van der Waals surface area contributed by atoms with Crippen molar-refractivity contribution in [3.05, 3.63) is 66.4 Å². The summed E-state index contributed by atoms with van der Waals surface area (Å²) in [6.45, 7) is 0.777. The summed E-state index contributed by atoms with van der Waals surface area (Å²) >= 11 is 0. The highest BCUT2D eigenvalue weighted by atomic mass is 16.3. The van der Waals surface area contributed by atoms with Gasteiger partial charge in [0.1, 0.15) is 0 Å². The van der Waals surface area contributed by atoms with E-state index in [1.54, 1.807) is 24.4 Å². The van der Waals surface area contributed by atoms with E-state index >= 15 is 0 Å². The minimum Gasteiger partial charge on any atom is -0.395 e. The number of nitrogens with one attached hydrogen (secondary N) is 3. The van der Waals surface area contributed by atoms with Gasteiger partial charge in [0.25, 0.3) is 5.91 Å². The molecule has 3 aromatic rings. The second-order valence-corrected chi connectivity index (χ2v) is 6.08. The summed E-state index contributed by atoms with van der Waals surface area (Å²) in [7, 11) is 0. The van der Waals surface area contributed by atoms with Crippen LogP contribution >= 0.6 is 0 Å². The van der Waals surface area contributed by atoms with Crippen molar-refractivity contribution < 1.29 is 9.90 Å². The van der Waals surface area contributed by atoms with Gasteiger partial charge in [-0.15, -0.1) is 6.42 Å². The van der Waals surface area contributed by atoms with Crippen LogP contribution in [0.3, 0.4) is 0 Å². The average molecular weight is 387 g/mol. The number of rotatable bonds is 8. The number of hydrogen-bond acceptors (Lipinski definition) is 6. The molecular weight excluding hydrogens is 366 g/mol. The Hall–Kier alpha value is -3.89. The molecule has 1 heterocycles. The van der Waals surface area contributed by atoms with Gasteiger partial charge in [-0.25, -0.2) is 9.97 Å². The Kier molecular flexibility index (Phi) is 6.76. The van der Waals surface area contributed by atoms with Gasteiger partial charge in [0.2, 0.25) is 5.95 Å². The van der Waals surface area contributed by atoms with E-state index in [1.165, 1.54) is 0 Å². The molecule has 0 fully saturated rings. The van der Waals surface area contributed by atoms with E-state index in [0.717, 1.165) is 22.6 Å². The maximum Gasteiger partial charge on any atom is 0.252 e. The van der Waals surface area contributed by atoms with Crippen molar-refractivity contribution in [3.63, 3.8) is 0 Å². The van der Waals surface area contributed by atoms with Crippen molar-refractivity contribution >= 4 is 23.2 Å². The van der Waals surface area contributed by atoms with Crippen molar-refractivity contribution in [1.82, 2.24) is 15.3 Å². The van der Waals surface area contributed by atoms with Crippen molar-refractivity contribution in [3.8, 4) is 23.6 Å². The number of carbonyl (C=O) groups is 1. The van der Waals surface area contributed by atoms with E-state index < -0.39 is 0 Å². The van der Waals surface area contributed by atoms with Crippen molar-refractivity contribution in [2.45, 2.75) is 0 Å². The Morgan fingerprint density at radius 3 is 2.45 bits per heavy atom. The van der Waals surface area contributed by atoms with E-state index in [4.69, 9.17) is 11.5 Å². The molecule has 0 radical (unpaired) electrons. The number of benzene rings is 2. The lowest BCUT2D eigenvalue weighted by Gasteiger charge is -2.09. The van der Waals surface area contributed by atoms with Crippen LogP contribution in [0.2, 0.25) is 0 Å². The van der Waals surface area contributed by atoms with Crippen LogP contribution in [0.1, 0.15) is 10.4 Å². The van der Waals surface area contributed by atoms with Gasteiger partial charge in [-0.1, -0.05) is 18.1 Å². The largest absolute Gasteiger partial charge is 0.395 e. The normalized spacial score (nSPS) is 10.1. The lowest BCUT2D eigenvalue weighted by molar-refractivity contribution is 0.0958. The molecular formula is C22H21N5O2. The number of anilines is 3. The smallest absolute Gasteiger partial charge is 0.252 e. The maximum absolute atomic E-state index is 11.9. The van der Waals surface area contributed by atoms with Crippen molar-refractivity contribution in [2.75, 3.05) is 30.3 Å². The van der Waals surface area contributed by atoms with E-state index in [2.05, 4.69) is 31.8 Å². The molecule has 0 bridgehead atoms. The molecule has 0 atom stereocenters. The lowest BCUT2D eigenvalue weighted by atomic mass is 10.1. The summed E-state index contributed by atoms with van der Waals surface area (Å²) in [5.74, 6) is 2.63. The number of terminal acetylenes is 1. The van der Waals surface area contributed by atoms with Crippen LogP contribution in [0, 0.1) is 12.3 Å². The van der Waals surface area contributed by atoms with Crippen LogP contribution in [0.4, 0.5) is 17.3 Å². The number of amides is 1. The molecule has 1 aromatic heterocycles. The van der Waals surface area contributed by atoms with E-state index in [-0.39, 0.29) is 19.1 Å². The first-order valence-corrected chi connectivity index (χ1v) is 9.06. The first-order chi connectivity index (χ1) is 14.2.